The van der Waals surface area contributed by atoms with Gasteiger partial charge in [0.2, 0.25) is 0 Å². The zero-order chi connectivity index (χ0) is 27.4. The lowest BCUT2D eigenvalue weighted by molar-refractivity contribution is 0.169. The Morgan fingerprint density at radius 2 is 1.24 bits per heavy atom. The van der Waals surface area contributed by atoms with Gasteiger partial charge in [-0.2, -0.15) is 0 Å². The van der Waals surface area contributed by atoms with Crippen LogP contribution < -0.4 is 5.73 Å². The van der Waals surface area contributed by atoms with Crippen LogP contribution >= 0.6 is 0 Å². The average Bonchev–Trinajstić information content (AvgIpc) is 2.86. The van der Waals surface area contributed by atoms with Gasteiger partial charge in [-0.25, -0.2) is 0 Å². The zero-order valence-electron chi connectivity index (χ0n) is 20.2. The van der Waals surface area contributed by atoms with Gasteiger partial charge in [-0.15, -0.1) is 0 Å². The molecule has 10 heteroatoms. The third-order valence-electron chi connectivity index (χ3n) is 5.16. The lowest BCUT2D eigenvalue weighted by Crippen LogP contribution is -2.11. The number of phenolic OH excluding ortho intramolecular Hbond substituents is 6. The molecule has 3 rings (SSSR count). The summed E-state index contributed by atoms with van der Waals surface area (Å²) in [6.07, 6.45) is -1.04. The van der Waals surface area contributed by atoms with E-state index in [2.05, 4.69) is 0 Å². The third-order valence-corrected chi connectivity index (χ3v) is 5.16. The molecule has 0 aliphatic carbocycles. The summed E-state index contributed by atoms with van der Waals surface area (Å²) in [5.74, 6) is -0.985. The first kappa shape index (κ1) is 33.3. The number of aliphatic hydroxyl groups is 3. The molecule has 0 amide bonds. The van der Waals surface area contributed by atoms with E-state index in [9.17, 15) is 25.5 Å². The van der Waals surface area contributed by atoms with Gasteiger partial charge in [-0.1, -0.05) is 39.5 Å². The topological polar surface area (TPSA) is 208 Å². The highest BCUT2D eigenvalue weighted by molar-refractivity contribution is 5.45. The summed E-state index contributed by atoms with van der Waals surface area (Å²) in [6.45, 7) is 3.67. The van der Waals surface area contributed by atoms with Crippen LogP contribution in [0.15, 0.2) is 54.6 Å². The Kier molecular flexibility index (Phi) is 14.5. The van der Waals surface area contributed by atoms with Crippen LogP contribution in [0.5, 0.6) is 34.5 Å². The molecule has 0 aromatic heterocycles. The van der Waals surface area contributed by atoms with Crippen molar-refractivity contribution in [3.63, 3.8) is 0 Å². The predicted molar refractivity (Wildman–Crippen MR) is 141 cm³/mol. The molecule has 11 N–H and O–H groups in total. The van der Waals surface area contributed by atoms with Crippen LogP contribution in [0.25, 0.3) is 0 Å². The van der Waals surface area contributed by atoms with Crippen molar-refractivity contribution in [2.45, 2.75) is 52.4 Å². The smallest absolute Gasteiger partial charge is 0.163 e. The van der Waals surface area contributed by atoms with E-state index in [0.717, 1.165) is 0 Å². The van der Waals surface area contributed by atoms with Gasteiger partial charge < -0.3 is 51.7 Å². The predicted octanol–water partition coefficient (Wildman–Crippen LogP) is 3.81. The summed E-state index contributed by atoms with van der Waals surface area (Å²) in [5, 5.41) is 82.5. The molecule has 0 aliphatic heterocycles. The summed E-state index contributed by atoms with van der Waals surface area (Å²) in [6, 6.07) is 12.9. The first-order chi connectivity index (χ1) is 17.0. The highest BCUT2D eigenvalue weighted by Gasteiger charge is 2.12. The Labute approximate surface area is 216 Å². The van der Waals surface area contributed by atoms with Crippen LogP contribution in [0.3, 0.4) is 0 Å². The maximum absolute atomic E-state index is 9.36. The van der Waals surface area contributed by atoms with Gasteiger partial charge in [0.05, 0.1) is 18.3 Å². The first-order valence-corrected chi connectivity index (χ1v) is 11.2. The van der Waals surface area contributed by atoms with Gasteiger partial charge in [-0.05, 0) is 48.7 Å². The van der Waals surface area contributed by atoms with Crippen molar-refractivity contribution in [1.82, 2.24) is 0 Å². The third kappa shape index (κ3) is 10.1. The molecule has 0 unspecified atom stereocenters. The fourth-order valence-electron chi connectivity index (χ4n) is 2.96. The maximum atomic E-state index is 9.36. The molecule has 0 aliphatic rings. The number of aromatic hydroxyl groups is 6. The molecule has 0 radical (unpaired) electrons. The van der Waals surface area contributed by atoms with Crippen LogP contribution in [0.4, 0.5) is 0 Å². The molecule has 3 aromatic carbocycles. The van der Waals surface area contributed by atoms with Gasteiger partial charge in [0.25, 0.3) is 0 Å². The number of nitrogens with two attached hydrogens (primary N) is 1. The van der Waals surface area contributed by atoms with Gasteiger partial charge in [0.15, 0.2) is 23.0 Å². The van der Waals surface area contributed by atoms with E-state index in [0.29, 0.717) is 24.0 Å². The molecule has 206 valence electrons. The molecule has 0 saturated heterocycles. The van der Waals surface area contributed by atoms with E-state index in [-0.39, 0.29) is 54.0 Å². The van der Waals surface area contributed by atoms with Gasteiger partial charge in [-0.3, -0.25) is 0 Å². The van der Waals surface area contributed by atoms with E-state index in [1.54, 1.807) is 6.07 Å². The second-order valence-electron chi connectivity index (χ2n) is 7.81. The number of para-hydroxylation sites is 1. The maximum Gasteiger partial charge on any atom is 0.163 e. The lowest BCUT2D eigenvalue weighted by Gasteiger charge is -2.10. The van der Waals surface area contributed by atoms with Gasteiger partial charge in [0.1, 0.15) is 11.5 Å². The summed E-state index contributed by atoms with van der Waals surface area (Å²) < 4.78 is 0. The minimum absolute atomic E-state index is 0. The molecule has 10 nitrogen and oxygen atoms in total. The summed E-state index contributed by atoms with van der Waals surface area (Å²) >= 11 is 0. The van der Waals surface area contributed by atoms with Gasteiger partial charge in [0, 0.05) is 23.7 Å². The Bertz CT molecular complexity index is 1090. The molecule has 0 bridgehead atoms. The van der Waals surface area contributed by atoms with E-state index >= 15 is 0 Å². The number of phenols is 6. The number of hydrogen-bond acceptors (Lipinski definition) is 10. The minimum Gasteiger partial charge on any atom is -0.508 e. The summed E-state index contributed by atoms with van der Waals surface area (Å²) in [4.78, 5) is 0. The van der Waals surface area contributed by atoms with Gasteiger partial charge >= 0.3 is 0 Å². The average molecular weight is 522 g/mol. The quantitative estimate of drug-likeness (QED) is 0.212. The number of aliphatic hydroxyl groups excluding tert-OH is 3. The van der Waals surface area contributed by atoms with Crippen molar-refractivity contribution in [2.75, 3.05) is 6.54 Å². The Hall–Kier alpha value is -3.70. The van der Waals surface area contributed by atoms with Crippen molar-refractivity contribution < 1.29 is 46.0 Å². The molecular weight excluding hydrogens is 482 g/mol. The number of hydrogen-bond donors (Lipinski definition) is 10. The van der Waals surface area contributed by atoms with Crippen molar-refractivity contribution in [1.29, 1.82) is 0 Å². The lowest BCUT2D eigenvalue weighted by atomic mass is 10.1. The number of rotatable bonds is 6. The molecule has 37 heavy (non-hydrogen) atoms. The van der Waals surface area contributed by atoms with E-state index in [1.165, 1.54) is 48.5 Å². The van der Waals surface area contributed by atoms with Crippen molar-refractivity contribution in [2.24, 2.45) is 5.73 Å². The highest BCUT2D eigenvalue weighted by atomic mass is 16.3. The van der Waals surface area contributed by atoms with Crippen LogP contribution in [0, 0.1) is 0 Å². The Morgan fingerprint density at radius 1 is 0.622 bits per heavy atom. The first-order valence-electron chi connectivity index (χ1n) is 11.2. The van der Waals surface area contributed by atoms with Crippen LogP contribution in [-0.2, 0) is 0 Å². The molecule has 0 heterocycles. The van der Waals surface area contributed by atoms with Crippen molar-refractivity contribution in [3.8, 4) is 34.5 Å². The van der Waals surface area contributed by atoms with Crippen molar-refractivity contribution in [3.05, 3.63) is 71.3 Å². The standard InChI is InChI=1S/2C9H12O3.C8H11NO3.CH4/c1-2-8(11)7-4-3-6(10)5-9(7)12;1-2-7(10)6-3-4-8(11)9(12)5-6;9-4-7(11)5-2-1-3-6(10)8(5)12;/h3-5,8,10-12H,2H2,1H3;3-5,7,10-12H,2H2,1H3;1-3,7,10-12H,4,9H2;1H4/t8-;2*7-;/m000./s1. The Balaban J connectivity index is 0.000000518. The molecule has 0 spiro atoms. The molecular formula is C27H39NO9. The van der Waals surface area contributed by atoms with Crippen LogP contribution in [-0.4, -0.2) is 52.5 Å². The fraction of sp³-hybridized carbons (Fsp3) is 0.333. The second kappa shape index (κ2) is 16.1. The number of benzene rings is 3. The van der Waals surface area contributed by atoms with E-state index < -0.39 is 18.3 Å². The zero-order valence-corrected chi connectivity index (χ0v) is 20.2. The molecule has 0 saturated carbocycles. The molecule has 3 aromatic rings. The monoisotopic (exact) mass is 521 g/mol. The Morgan fingerprint density at radius 3 is 1.76 bits per heavy atom. The van der Waals surface area contributed by atoms with E-state index in [1.807, 2.05) is 13.8 Å². The molecule has 3 atom stereocenters. The highest BCUT2D eigenvalue weighted by Crippen LogP contribution is 2.32. The second-order valence-corrected chi connectivity index (χ2v) is 7.81. The van der Waals surface area contributed by atoms with Crippen molar-refractivity contribution >= 4 is 0 Å². The summed E-state index contributed by atoms with van der Waals surface area (Å²) in [5.41, 5.74) is 6.50. The fourth-order valence-corrected chi connectivity index (χ4v) is 2.96. The minimum atomic E-state index is -0.933. The SMILES string of the molecule is C.CC[C@H](O)c1ccc(O)c(O)c1.CC[C@H](O)c1ccc(O)cc1O.NC[C@H](O)c1cccc(O)c1O. The largest absolute Gasteiger partial charge is 0.508 e. The normalized spacial score (nSPS) is 12.5. The van der Waals surface area contributed by atoms with E-state index in [4.69, 9.17) is 26.2 Å². The van der Waals surface area contributed by atoms with Crippen LogP contribution in [0.1, 0.15) is 69.1 Å². The summed E-state index contributed by atoms with van der Waals surface area (Å²) in [7, 11) is 0. The van der Waals surface area contributed by atoms with Crippen LogP contribution in [0.2, 0.25) is 0 Å². The molecule has 0 fully saturated rings.